The largest absolute Gasteiger partial charge is 0.484 e. The third-order valence-electron chi connectivity index (χ3n) is 3.62. The van der Waals surface area contributed by atoms with Crippen molar-refractivity contribution in [2.45, 2.75) is 26.2 Å². The standard InChI is InChI=1S/C16H21ClN2O3/c1-12-10-13(4-5-14(12)17)22-11-15(20)18-7-6-16(21)19-8-2-3-9-19/h4-5,10H,2-3,6-9,11H2,1H3,(H,18,20). The molecule has 0 radical (unpaired) electrons. The molecule has 1 aliphatic heterocycles. The zero-order chi connectivity index (χ0) is 15.9. The van der Waals surface area contributed by atoms with Crippen LogP contribution in [0.2, 0.25) is 5.02 Å². The van der Waals surface area contributed by atoms with Gasteiger partial charge in [-0.1, -0.05) is 11.6 Å². The maximum Gasteiger partial charge on any atom is 0.257 e. The maximum absolute atomic E-state index is 11.8. The first kappa shape index (κ1) is 16.6. The van der Waals surface area contributed by atoms with Crippen molar-refractivity contribution in [2.75, 3.05) is 26.2 Å². The van der Waals surface area contributed by atoms with Gasteiger partial charge in [0.25, 0.3) is 5.91 Å². The molecular weight excluding hydrogens is 304 g/mol. The van der Waals surface area contributed by atoms with E-state index in [0.717, 1.165) is 31.5 Å². The topological polar surface area (TPSA) is 58.6 Å². The van der Waals surface area contributed by atoms with Gasteiger partial charge in [-0.25, -0.2) is 0 Å². The highest BCUT2D eigenvalue weighted by Crippen LogP contribution is 2.20. The highest BCUT2D eigenvalue weighted by atomic mass is 35.5. The first-order valence-corrected chi connectivity index (χ1v) is 7.87. The summed E-state index contributed by atoms with van der Waals surface area (Å²) in [7, 11) is 0. The van der Waals surface area contributed by atoms with Crippen LogP contribution in [0.5, 0.6) is 5.75 Å². The number of aryl methyl sites for hydroxylation is 1. The lowest BCUT2D eigenvalue weighted by Gasteiger charge is -2.15. The van der Waals surface area contributed by atoms with Crippen molar-refractivity contribution < 1.29 is 14.3 Å². The molecule has 120 valence electrons. The second kappa shape index (κ2) is 8.03. The second-order valence-corrected chi connectivity index (χ2v) is 5.79. The third kappa shape index (κ3) is 4.91. The zero-order valence-corrected chi connectivity index (χ0v) is 13.5. The van der Waals surface area contributed by atoms with Gasteiger partial charge in [0.05, 0.1) is 0 Å². The molecule has 0 unspecified atom stereocenters. The third-order valence-corrected chi connectivity index (χ3v) is 4.04. The molecule has 0 spiro atoms. The van der Waals surface area contributed by atoms with Gasteiger partial charge < -0.3 is 15.0 Å². The van der Waals surface area contributed by atoms with Crippen LogP contribution in [0.25, 0.3) is 0 Å². The van der Waals surface area contributed by atoms with E-state index < -0.39 is 0 Å². The van der Waals surface area contributed by atoms with Crippen LogP contribution in [0.4, 0.5) is 0 Å². The van der Waals surface area contributed by atoms with Crippen LogP contribution in [-0.2, 0) is 9.59 Å². The van der Waals surface area contributed by atoms with Crippen molar-refractivity contribution >= 4 is 23.4 Å². The molecule has 2 amide bonds. The van der Waals surface area contributed by atoms with E-state index in [9.17, 15) is 9.59 Å². The van der Waals surface area contributed by atoms with Crippen molar-refractivity contribution in [2.24, 2.45) is 0 Å². The van der Waals surface area contributed by atoms with Gasteiger partial charge in [0, 0.05) is 31.1 Å². The number of rotatable bonds is 6. The van der Waals surface area contributed by atoms with Crippen molar-refractivity contribution in [1.29, 1.82) is 0 Å². The second-order valence-electron chi connectivity index (χ2n) is 5.39. The predicted octanol–water partition coefficient (Wildman–Crippen LogP) is 2.16. The SMILES string of the molecule is Cc1cc(OCC(=O)NCCC(=O)N2CCCC2)ccc1Cl. The lowest BCUT2D eigenvalue weighted by Crippen LogP contribution is -2.34. The minimum Gasteiger partial charge on any atom is -0.484 e. The van der Waals surface area contributed by atoms with E-state index in [-0.39, 0.29) is 18.4 Å². The fourth-order valence-corrected chi connectivity index (χ4v) is 2.46. The highest BCUT2D eigenvalue weighted by molar-refractivity contribution is 6.31. The summed E-state index contributed by atoms with van der Waals surface area (Å²) < 4.78 is 5.39. The van der Waals surface area contributed by atoms with E-state index >= 15 is 0 Å². The minimum absolute atomic E-state index is 0.0705. The number of likely N-dealkylation sites (tertiary alicyclic amines) is 1. The van der Waals surface area contributed by atoms with Crippen LogP contribution < -0.4 is 10.1 Å². The predicted molar refractivity (Wildman–Crippen MR) is 85.1 cm³/mol. The van der Waals surface area contributed by atoms with Crippen LogP contribution in [0, 0.1) is 6.92 Å². The number of hydrogen-bond acceptors (Lipinski definition) is 3. The van der Waals surface area contributed by atoms with E-state index in [1.807, 2.05) is 11.8 Å². The number of nitrogens with zero attached hydrogens (tertiary/aromatic N) is 1. The van der Waals surface area contributed by atoms with E-state index in [1.54, 1.807) is 18.2 Å². The monoisotopic (exact) mass is 324 g/mol. The van der Waals surface area contributed by atoms with Gasteiger partial charge >= 0.3 is 0 Å². The Morgan fingerprint density at radius 3 is 2.73 bits per heavy atom. The molecule has 0 saturated carbocycles. The van der Waals surface area contributed by atoms with E-state index in [4.69, 9.17) is 16.3 Å². The zero-order valence-electron chi connectivity index (χ0n) is 12.7. The van der Waals surface area contributed by atoms with Crippen LogP contribution >= 0.6 is 11.6 Å². The van der Waals surface area contributed by atoms with Crippen LogP contribution in [0.15, 0.2) is 18.2 Å². The summed E-state index contributed by atoms with van der Waals surface area (Å²) in [4.78, 5) is 25.3. The minimum atomic E-state index is -0.234. The molecule has 0 aliphatic carbocycles. The smallest absolute Gasteiger partial charge is 0.257 e. The molecule has 1 aromatic carbocycles. The van der Waals surface area contributed by atoms with Gasteiger partial charge in [-0.05, 0) is 43.5 Å². The van der Waals surface area contributed by atoms with Gasteiger partial charge in [0.15, 0.2) is 6.61 Å². The Labute approximate surface area is 135 Å². The number of ether oxygens (including phenoxy) is 1. The summed E-state index contributed by atoms with van der Waals surface area (Å²) >= 11 is 5.92. The van der Waals surface area contributed by atoms with Crippen molar-refractivity contribution in [1.82, 2.24) is 10.2 Å². The molecule has 1 N–H and O–H groups in total. The molecule has 1 saturated heterocycles. The summed E-state index contributed by atoms with van der Waals surface area (Å²) in [5.74, 6) is 0.471. The molecule has 0 bridgehead atoms. The van der Waals surface area contributed by atoms with Crippen molar-refractivity contribution in [3.05, 3.63) is 28.8 Å². The maximum atomic E-state index is 11.8. The molecular formula is C16H21ClN2O3. The van der Waals surface area contributed by atoms with E-state index in [2.05, 4.69) is 5.32 Å². The first-order valence-electron chi connectivity index (χ1n) is 7.49. The molecule has 1 aliphatic rings. The van der Waals surface area contributed by atoms with Crippen molar-refractivity contribution in [3.63, 3.8) is 0 Å². The number of carbonyl (C=O) groups is 2. The lowest BCUT2D eigenvalue weighted by molar-refractivity contribution is -0.130. The fraction of sp³-hybridized carbons (Fsp3) is 0.500. The van der Waals surface area contributed by atoms with Gasteiger partial charge in [0.1, 0.15) is 5.75 Å². The van der Waals surface area contributed by atoms with Crippen molar-refractivity contribution in [3.8, 4) is 5.75 Å². The molecule has 1 heterocycles. The molecule has 1 aromatic rings. The molecule has 1 fully saturated rings. The molecule has 22 heavy (non-hydrogen) atoms. The lowest BCUT2D eigenvalue weighted by atomic mass is 10.2. The summed E-state index contributed by atoms with van der Waals surface area (Å²) in [5.41, 5.74) is 0.899. The Balaban J connectivity index is 1.65. The Hall–Kier alpha value is -1.75. The average molecular weight is 325 g/mol. The molecule has 0 atom stereocenters. The molecule has 5 nitrogen and oxygen atoms in total. The average Bonchev–Trinajstić information content (AvgIpc) is 3.03. The summed E-state index contributed by atoms with van der Waals surface area (Å²) in [6.45, 7) is 3.83. The summed E-state index contributed by atoms with van der Waals surface area (Å²) in [6.07, 6.45) is 2.49. The Morgan fingerprint density at radius 1 is 1.32 bits per heavy atom. The highest BCUT2D eigenvalue weighted by Gasteiger charge is 2.17. The van der Waals surface area contributed by atoms with Crippen LogP contribution in [0.3, 0.4) is 0 Å². The number of hydrogen-bond donors (Lipinski definition) is 1. The number of amides is 2. The molecule has 2 rings (SSSR count). The normalized spacial score (nSPS) is 14.0. The summed E-state index contributed by atoms with van der Waals surface area (Å²) in [5, 5.41) is 3.36. The number of nitrogens with one attached hydrogen (secondary N) is 1. The number of carbonyl (C=O) groups excluding carboxylic acids is 2. The van der Waals surface area contributed by atoms with Gasteiger partial charge in [0.2, 0.25) is 5.91 Å². The van der Waals surface area contributed by atoms with Gasteiger partial charge in [-0.3, -0.25) is 9.59 Å². The Bertz CT molecular complexity index is 542. The molecule has 0 aromatic heterocycles. The number of halogens is 1. The van der Waals surface area contributed by atoms with Gasteiger partial charge in [-0.2, -0.15) is 0 Å². The Morgan fingerprint density at radius 2 is 2.05 bits per heavy atom. The van der Waals surface area contributed by atoms with Crippen LogP contribution in [0.1, 0.15) is 24.8 Å². The fourth-order valence-electron chi connectivity index (χ4n) is 2.34. The van der Waals surface area contributed by atoms with E-state index in [0.29, 0.717) is 23.7 Å². The first-order chi connectivity index (χ1) is 10.6. The quantitative estimate of drug-likeness (QED) is 0.872. The summed E-state index contributed by atoms with van der Waals surface area (Å²) in [6, 6.07) is 5.24. The number of benzene rings is 1. The molecule has 6 heteroatoms. The van der Waals surface area contributed by atoms with Crippen LogP contribution in [-0.4, -0.2) is 43.0 Å². The Kier molecular flexibility index (Phi) is 6.07. The van der Waals surface area contributed by atoms with E-state index in [1.165, 1.54) is 0 Å². The van der Waals surface area contributed by atoms with Gasteiger partial charge in [-0.15, -0.1) is 0 Å².